The minimum absolute atomic E-state index is 0.0862. The average Bonchev–Trinajstić information content (AvgIpc) is 3.83. The van der Waals surface area contributed by atoms with Crippen molar-refractivity contribution in [3.8, 4) is 66.1 Å². The minimum Gasteiger partial charge on any atom is -0.310 e. The van der Waals surface area contributed by atoms with E-state index in [4.69, 9.17) is 0 Å². The van der Waals surface area contributed by atoms with Crippen molar-refractivity contribution in [3.63, 3.8) is 0 Å². The van der Waals surface area contributed by atoms with Gasteiger partial charge in [0.05, 0.1) is 0 Å². The number of rotatable bonds is 8. The normalized spacial score (nSPS) is 12.6. The topological polar surface area (TPSA) is 3.24 Å². The van der Waals surface area contributed by atoms with E-state index in [9.17, 15) is 0 Å². The highest BCUT2D eigenvalue weighted by atomic mass is 32.1. The first-order chi connectivity index (χ1) is 30.0. The Hall–Kier alpha value is -7.26. The lowest BCUT2D eigenvalue weighted by atomic mass is 9.80. The van der Waals surface area contributed by atoms with Crippen LogP contribution < -0.4 is 4.90 Å². The summed E-state index contributed by atoms with van der Waals surface area (Å²) in [5, 5.41) is 1.38. The molecule has 0 amide bonds. The molecule has 1 aromatic heterocycles. The second-order valence-electron chi connectivity index (χ2n) is 16.6. The van der Waals surface area contributed by atoms with E-state index in [0.717, 1.165) is 17.1 Å². The predicted octanol–water partition coefficient (Wildman–Crippen LogP) is 17.0. The third-order valence-electron chi connectivity index (χ3n) is 12.5. The number of hydrogen-bond donors (Lipinski definition) is 0. The Balaban J connectivity index is 0.949. The monoisotopic (exact) mass is 797 g/mol. The van der Waals surface area contributed by atoms with Crippen molar-refractivity contribution >= 4 is 38.5 Å². The molecular formula is C59H43NS. The molecule has 0 radical (unpaired) electrons. The van der Waals surface area contributed by atoms with Crippen molar-refractivity contribution in [1.29, 1.82) is 0 Å². The van der Waals surface area contributed by atoms with Crippen LogP contribution in [-0.2, 0) is 5.41 Å². The molecule has 1 aliphatic rings. The Labute approximate surface area is 362 Å². The highest BCUT2D eigenvalue weighted by molar-refractivity contribution is 7.22. The molecule has 0 atom stereocenters. The van der Waals surface area contributed by atoms with Gasteiger partial charge >= 0.3 is 0 Å². The smallest absolute Gasteiger partial charge is 0.0467 e. The van der Waals surface area contributed by atoms with Crippen molar-refractivity contribution in [2.75, 3.05) is 4.90 Å². The fourth-order valence-corrected chi connectivity index (χ4v) is 10.7. The minimum atomic E-state index is -0.0862. The predicted molar refractivity (Wildman–Crippen MR) is 261 cm³/mol. The van der Waals surface area contributed by atoms with Gasteiger partial charge in [0.15, 0.2) is 0 Å². The zero-order chi connectivity index (χ0) is 40.9. The molecule has 0 bridgehead atoms. The average molecular weight is 798 g/mol. The van der Waals surface area contributed by atoms with Crippen molar-refractivity contribution in [2.24, 2.45) is 0 Å². The first-order valence-corrected chi connectivity index (χ1v) is 21.9. The van der Waals surface area contributed by atoms with Crippen LogP contribution in [-0.4, -0.2) is 0 Å². The van der Waals surface area contributed by atoms with Gasteiger partial charge in [0.25, 0.3) is 0 Å². The molecule has 9 aromatic carbocycles. The lowest BCUT2D eigenvalue weighted by Crippen LogP contribution is -2.15. The van der Waals surface area contributed by atoms with Gasteiger partial charge in [-0.3, -0.25) is 0 Å². The standard InChI is InChI=1S/C59H43NS/c1-59(2)55-39-49(32-37-53(55)58-57(59)54-18-9-10-19-56(54)61-58)48-16-11-17-52(38-48)60(50-33-28-46(29-34-50)44-24-20-42(21-25-44)40-12-5-3-6-13-40)51-35-30-47(31-36-51)45-26-22-43(23-27-45)41-14-7-4-8-15-41/h3-39H,1-2H3. The summed E-state index contributed by atoms with van der Waals surface area (Å²) in [5.74, 6) is 0. The molecule has 0 aliphatic heterocycles. The van der Waals surface area contributed by atoms with Crippen LogP contribution >= 0.6 is 11.3 Å². The number of nitrogens with zero attached hydrogens (tertiary/aromatic N) is 1. The third-order valence-corrected chi connectivity index (χ3v) is 13.7. The van der Waals surface area contributed by atoms with Crippen LogP contribution in [0.25, 0.3) is 76.2 Å². The van der Waals surface area contributed by atoms with Gasteiger partial charge in [-0.25, -0.2) is 0 Å². The van der Waals surface area contributed by atoms with Crippen molar-refractivity contribution < 1.29 is 0 Å². The van der Waals surface area contributed by atoms with E-state index in [2.05, 4.69) is 243 Å². The van der Waals surface area contributed by atoms with Crippen LogP contribution in [0.5, 0.6) is 0 Å². The molecule has 0 saturated heterocycles. The number of benzene rings is 9. The van der Waals surface area contributed by atoms with E-state index in [0.29, 0.717) is 0 Å². The fourth-order valence-electron chi connectivity index (χ4n) is 9.28. The van der Waals surface area contributed by atoms with Gasteiger partial charge < -0.3 is 4.90 Å². The Morgan fingerprint density at radius 2 is 0.754 bits per heavy atom. The number of thiophene rings is 1. The molecule has 0 fully saturated rings. The van der Waals surface area contributed by atoms with Crippen LogP contribution in [0, 0.1) is 0 Å². The Kier molecular flexibility index (Phi) is 9.10. The third kappa shape index (κ3) is 6.66. The molecule has 290 valence electrons. The van der Waals surface area contributed by atoms with E-state index >= 15 is 0 Å². The molecule has 1 nitrogen and oxygen atoms in total. The van der Waals surface area contributed by atoms with Crippen LogP contribution in [0.15, 0.2) is 224 Å². The Bertz CT molecular complexity index is 3030. The molecule has 1 aliphatic carbocycles. The molecule has 10 aromatic rings. The number of hydrogen-bond acceptors (Lipinski definition) is 2. The first kappa shape index (κ1) is 36.8. The van der Waals surface area contributed by atoms with Gasteiger partial charge in [-0.1, -0.05) is 190 Å². The van der Waals surface area contributed by atoms with E-state index in [1.165, 1.54) is 87.3 Å². The fraction of sp³-hybridized carbons (Fsp3) is 0.0508. The van der Waals surface area contributed by atoms with Gasteiger partial charge in [0.1, 0.15) is 0 Å². The molecule has 0 N–H and O–H groups in total. The summed E-state index contributed by atoms with van der Waals surface area (Å²) in [7, 11) is 0. The summed E-state index contributed by atoms with van der Waals surface area (Å²) in [6.45, 7) is 4.78. The summed E-state index contributed by atoms with van der Waals surface area (Å²) in [4.78, 5) is 3.80. The molecule has 61 heavy (non-hydrogen) atoms. The van der Waals surface area contributed by atoms with Gasteiger partial charge in [-0.05, 0) is 126 Å². The van der Waals surface area contributed by atoms with E-state index in [-0.39, 0.29) is 5.41 Å². The summed E-state index contributed by atoms with van der Waals surface area (Å²) in [6.07, 6.45) is 0. The van der Waals surface area contributed by atoms with Crippen LogP contribution in [0.3, 0.4) is 0 Å². The Morgan fingerprint density at radius 3 is 1.28 bits per heavy atom. The zero-order valence-electron chi connectivity index (χ0n) is 34.2. The Morgan fingerprint density at radius 1 is 0.344 bits per heavy atom. The second-order valence-corrected chi connectivity index (χ2v) is 17.6. The van der Waals surface area contributed by atoms with Crippen molar-refractivity contribution in [2.45, 2.75) is 19.3 Å². The number of fused-ring (bicyclic) bond motifs is 5. The lowest BCUT2D eigenvalue weighted by Gasteiger charge is -2.27. The van der Waals surface area contributed by atoms with Gasteiger partial charge in [-0.15, -0.1) is 11.3 Å². The molecule has 0 saturated carbocycles. The van der Waals surface area contributed by atoms with Gasteiger partial charge in [0, 0.05) is 32.1 Å². The maximum absolute atomic E-state index is 2.44. The van der Waals surface area contributed by atoms with Gasteiger partial charge in [-0.2, -0.15) is 0 Å². The van der Waals surface area contributed by atoms with Gasteiger partial charge in [0.2, 0.25) is 0 Å². The maximum atomic E-state index is 2.44. The molecule has 0 unspecified atom stereocenters. The SMILES string of the molecule is CC1(C)c2cc(-c3cccc(N(c4ccc(-c5ccc(-c6ccccc6)cc5)cc4)c4ccc(-c5ccc(-c6ccccc6)cc5)cc4)c3)ccc2-c2sc3ccccc3c21. The van der Waals surface area contributed by atoms with Crippen molar-refractivity contribution in [3.05, 3.63) is 236 Å². The quantitative estimate of drug-likeness (QED) is 0.148. The highest BCUT2D eigenvalue weighted by Crippen LogP contribution is 2.56. The van der Waals surface area contributed by atoms with Crippen LogP contribution in [0.2, 0.25) is 0 Å². The van der Waals surface area contributed by atoms with Crippen LogP contribution in [0.4, 0.5) is 17.1 Å². The number of anilines is 3. The molecule has 11 rings (SSSR count). The molecular weight excluding hydrogens is 755 g/mol. The van der Waals surface area contributed by atoms with E-state index in [1.54, 1.807) is 0 Å². The molecule has 0 spiro atoms. The highest BCUT2D eigenvalue weighted by Gasteiger charge is 2.38. The van der Waals surface area contributed by atoms with E-state index < -0.39 is 0 Å². The first-order valence-electron chi connectivity index (χ1n) is 21.1. The molecule has 2 heteroatoms. The summed E-state index contributed by atoms with van der Waals surface area (Å²) in [6, 6.07) is 81.9. The van der Waals surface area contributed by atoms with Crippen LogP contribution in [0.1, 0.15) is 25.0 Å². The molecule has 1 heterocycles. The summed E-state index contributed by atoms with van der Waals surface area (Å²) in [5.41, 5.74) is 19.6. The lowest BCUT2D eigenvalue weighted by molar-refractivity contribution is 0.667. The largest absolute Gasteiger partial charge is 0.310 e. The summed E-state index contributed by atoms with van der Waals surface area (Å²) >= 11 is 1.93. The maximum Gasteiger partial charge on any atom is 0.0467 e. The summed E-state index contributed by atoms with van der Waals surface area (Å²) < 4.78 is 1.37. The van der Waals surface area contributed by atoms with Crippen molar-refractivity contribution in [1.82, 2.24) is 0 Å². The zero-order valence-corrected chi connectivity index (χ0v) is 35.0. The van der Waals surface area contributed by atoms with E-state index in [1.807, 2.05) is 11.3 Å². The second kappa shape index (κ2) is 15.1.